The van der Waals surface area contributed by atoms with Crippen molar-refractivity contribution in [2.45, 2.75) is 25.9 Å². The maximum Gasteiger partial charge on any atom is 0.339 e. The number of nitrogens with zero attached hydrogens (tertiary/aromatic N) is 3. The van der Waals surface area contributed by atoms with Gasteiger partial charge >= 0.3 is 5.97 Å². The van der Waals surface area contributed by atoms with Gasteiger partial charge < -0.3 is 10.2 Å². The Hall–Kier alpha value is -1.40. The summed E-state index contributed by atoms with van der Waals surface area (Å²) in [7, 11) is 1.75. The Bertz CT molecular complexity index is 444. The predicted molar refractivity (Wildman–Crippen MR) is 65.2 cm³/mol. The molecule has 1 aromatic rings. The van der Waals surface area contributed by atoms with E-state index in [-0.39, 0.29) is 18.2 Å². The van der Waals surface area contributed by atoms with Crippen molar-refractivity contribution in [2.75, 3.05) is 13.2 Å². The van der Waals surface area contributed by atoms with Crippen LogP contribution in [0.5, 0.6) is 0 Å². The van der Waals surface area contributed by atoms with Gasteiger partial charge in [0, 0.05) is 19.6 Å². The van der Waals surface area contributed by atoms with Crippen LogP contribution in [-0.2, 0) is 13.6 Å². The number of aliphatic hydroxyl groups excluding tert-OH is 1. The molecule has 100 valence electrons. The van der Waals surface area contributed by atoms with Crippen LogP contribution in [0.4, 0.5) is 0 Å². The van der Waals surface area contributed by atoms with Gasteiger partial charge in [-0.05, 0) is 18.9 Å². The van der Waals surface area contributed by atoms with E-state index in [2.05, 4.69) is 16.9 Å². The first-order valence-electron chi connectivity index (χ1n) is 6.13. The SMILES string of the molecule is CC1CCN(Cc2c(C(=O)O)cnn2C)C1CO. The van der Waals surface area contributed by atoms with Crippen molar-refractivity contribution >= 4 is 5.97 Å². The smallest absolute Gasteiger partial charge is 0.339 e. The molecule has 0 aromatic carbocycles. The van der Waals surface area contributed by atoms with Gasteiger partial charge in [-0.1, -0.05) is 6.92 Å². The first-order valence-corrected chi connectivity index (χ1v) is 6.13. The zero-order valence-corrected chi connectivity index (χ0v) is 10.7. The molecule has 0 radical (unpaired) electrons. The van der Waals surface area contributed by atoms with Gasteiger partial charge in [0.2, 0.25) is 0 Å². The number of aromatic carboxylic acids is 1. The van der Waals surface area contributed by atoms with Crippen LogP contribution in [0.25, 0.3) is 0 Å². The fourth-order valence-electron chi connectivity index (χ4n) is 2.60. The number of aryl methyl sites for hydroxylation is 1. The van der Waals surface area contributed by atoms with E-state index in [0.29, 0.717) is 18.2 Å². The van der Waals surface area contributed by atoms with Gasteiger partial charge in [-0.3, -0.25) is 9.58 Å². The van der Waals surface area contributed by atoms with Crippen molar-refractivity contribution in [1.29, 1.82) is 0 Å². The number of carboxylic acids is 1. The molecule has 0 amide bonds. The average molecular weight is 253 g/mol. The quantitative estimate of drug-likeness (QED) is 0.808. The topological polar surface area (TPSA) is 78.6 Å². The van der Waals surface area contributed by atoms with Gasteiger partial charge in [-0.15, -0.1) is 0 Å². The molecule has 2 heterocycles. The lowest BCUT2D eigenvalue weighted by Gasteiger charge is -2.25. The third kappa shape index (κ3) is 2.26. The number of rotatable bonds is 4. The summed E-state index contributed by atoms with van der Waals surface area (Å²) < 4.78 is 1.60. The van der Waals surface area contributed by atoms with Gasteiger partial charge in [0.15, 0.2) is 0 Å². The molecule has 1 aliphatic heterocycles. The Morgan fingerprint density at radius 3 is 2.94 bits per heavy atom. The van der Waals surface area contributed by atoms with Crippen LogP contribution in [0, 0.1) is 5.92 Å². The second-order valence-electron chi connectivity index (χ2n) is 4.92. The van der Waals surface area contributed by atoms with Crippen LogP contribution in [0.15, 0.2) is 6.20 Å². The molecule has 0 spiro atoms. The Morgan fingerprint density at radius 1 is 1.61 bits per heavy atom. The van der Waals surface area contributed by atoms with E-state index in [0.717, 1.165) is 13.0 Å². The number of carbonyl (C=O) groups is 1. The molecule has 1 saturated heterocycles. The average Bonchev–Trinajstić information content (AvgIpc) is 2.84. The van der Waals surface area contributed by atoms with Crippen LogP contribution < -0.4 is 0 Å². The van der Waals surface area contributed by atoms with E-state index in [1.165, 1.54) is 6.20 Å². The highest BCUT2D eigenvalue weighted by Crippen LogP contribution is 2.25. The Balaban J connectivity index is 2.19. The van der Waals surface area contributed by atoms with Crippen molar-refractivity contribution in [2.24, 2.45) is 13.0 Å². The molecule has 1 aromatic heterocycles. The number of likely N-dealkylation sites (tertiary alicyclic amines) is 1. The van der Waals surface area contributed by atoms with Crippen LogP contribution >= 0.6 is 0 Å². The largest absolute Gasteiger partial charge is 0.478 e. The summed E-state index contributed by atoms with van der Waals surface area (Å²) in [5.74, 6) is -0.512. The molecular weight excluding hydrogens is 234 g/mol. The van der Waals surface area contributed by atoms with Crippen molar-refractivity contribution in [3.8, 4) is 0 Å². The number of hydrogen-bond donors (Lipinski definition) is 2. The minimum Gasteiger partial charge on any atom is -0.478 e. The predicted octanol–water partition coefficient (Wildman–Crippen LogP) is 0.321. The fourth-order valence-corrected chi connectivity index (χ4v) is 2.60. The van der Waals surface area contributed by atoms with Crippen molar-refractivity contribution in [3.05, 3.63) is 17.5 Å². The van der Waals surface area contributed by atoms with Crippen LogP contribution in [-0.4, -0.2) is 50.1 Å². The van der Waals surface area contributed by atoms with E-state index in [4.69, 9.17) is 5.11 Å². The van der Waals surface area contributed by atoms with E-state index in [1.807, 2.05) is 0 Å². The first-order chi connectivity index (χ1) is 8.54. The molecule has 6 heteroatoms. The lowest BCUT2D eigenvalue weighted by atomic mass is 10.0. The third-order valence-electron chi connectivity index (χ3n) is 3.83. The van der Waals surface area contributed by atoms with E-state index < -0.39 is 5.97 Å². The number of carboxylic acid groups (broad SMARTS) is 1. The van der Waals surface area contributed by atoms with Crippen molar-refractivity contribution in [1.82, 2.24) is 14.7 Å². The summed E-state index contributed by atoms with van der Waals surface area (Å²) in [6.07, 6.45) is 2.41. The molecule has 2 N–H and O–H groups in total. The fraction of sp³-hybridized carbons (Fsp3) is 0.667. The number of aliphatic hydroxyl groups is 1. The molecule has 6 nitrogen and oxygen atoms in total. The van der Waals surface area contributed by atoms with Crippen LogP contribution in [0.2, 0.25) is 0 Å². The third-order valence-corrected chi connectivity index (χ3v) is 3.83. The lowest BCUT2D eigenvalue weighted by molar-refractivity contribution is 0.0693. The zero-order valence-electron chi connectivity index (χ0n) is 10.7. The molecule has 0 aliphatic carbocycles. The van der Waals surface area contributed by atoms with Crippen LogP contribution in [0.3, 0.4) is 0 Å². The monoisotopic (exact) mass is 253 g/mol. The van der Waals surface area contributed by atoms with Gasteiger partial charge in [0.05, 0.1) is 18.5 Å². The van der Waals surface area contributed by atoms with E-state index >= 15 is 0 Å². The second-order valence-corrected chi connectivity index (χ2v) is 4.92. The van der Waals surface area contributed by atoms with E-state index in [9.17, 15) is 9.90 Å². The normalized spacial score (nSPS) is 24.6. The molecule has 2 unspecified atom stereocenters. The molecular formula is C12H19N3O3. The summed E-state index contributed by atoms with van der Waals surface area (Å²) >= 11 is 0. The molecule has 2 atom stereocenters. The van der Waals surface area contributed by atoms with Gasteiger partial charge in [-0.25, -0.2) is 4.79 Å². The summed E-state index contributed by atoms with van der Waals surface area (Å²) in [6.45, 7) is 3.63. The van der Waals surface area contributed by atoms with Gasteiger partial charge in [0.1, 0.15) is 5.56 Å². The second kappa shape index (κ2) is 5.07. The van der Waals surface area contributed by atoms with Crippen LogP contribution in [0.1, 0.15) is 29.4 Å². The Labute approximate surface area is 106 Å². The summed E-state index contributed by atoms with van der Waals surface area (Å²) in [5, 5.41) is 22.5. The van der Waals surface area contributed by atoms with Crippen molar-refractivity contribution in [3.63, 3.8) is 0 Å². The Morgan fingerprint density at radius 2 is 2.33 bits per heavy atom. The van der Waals surface area contributed by atoms with Gasteiger partial charge in [-0.2, -0.15) is 5.10 Å². The highest BCUT2D eigenvalue weighted by Gasteiger charge is 2.31. The lowest BCUT2D eigenvalue weighted by Crippen LogP contribution is -2.35. The summed E-state index contributed by atoms with van der Waals surface area (Å²) in [4.78, 5) is 13.2. The summed E-state index contributed by atoms with van der Waals surface area (Å²) in [6, 6.07) is 0.113. The van der Waals surface area contributed by atoms with Gasteiger partial charge in [0.25, 0.3) is 0 Å². The first kappa shape index (κ1) is 13.0. The molecule has 18 heavy (non-hydrogen) atoms. The summed E-state index contributed by atoms with van der Waals surface area (Å²) in [5.41, 5.74) is 0.934. The minimum atomic E-state index is -0.953. The maximum absolute atomic E-state index is 11.1. The van der Waals surface area contributed by atoms with Crippen molar-refractivity contribution < 1.29 is 15.0 Å². The number of aromatic nitrogens is 2. The Kier molecular flexibility index (Phi) is 3.68. The standard InChI is InChI=1S/C12H19N3O3/c1-8-3-4-15(11(8)7-16)6-10-9(12(17)18)5-13-14(10)2/h5,8,11,16H,3-4,6-7H2,1-2H3,(H,17,18). The molecule has 0 saturated carbocycles. The molecule has 2 rings (SSSR count). The zero-order chi connectivity index (χ0) is 13.3. The maximum atomic E-state index is 11.1. The molecule has 1 aliphatic rings. The van der Waals surface area contributed by atoms with E-state index in [1.54, 1.807) is 11.7 Å². The molecule has 1 fully saturated rings. The highest BCUT2D eigenvalue weighted by atomic mass is 16.4. The molecule has 0 bridgehead atoms. The highest BCUT2D eigenvalue weighted by molar-refractivity contribution is 5.88. The number of hydrogen-bond acceptors (Lipinski definition) is 4. The minimum absolute atomic E-state index is 0.113.